The first-order valence-electron chi connectivity index (χ1n) is 7.44. The molecule has 1 N–H and O–H groups in total. The van der Waals surface area contributed by atoms with Gasteiger partial charge in [-0.2, -0.15) is 5.10 Å². The first kappa shape index (κ1) is 16.2. The van der Waals surface area contributed by atoms with Gasteiger partial charge < -0.3 is 10.1 Å². The van der Waals surface area contributed by atoms with E-state index in [1.54, 1.807) is 17.9 Å². The van der Waals surface area contributed by atoms with Crippen molar-refractivity contribution in [1.82, 2.24) is 14.8 Å². The predicted octanol–water partition coefficient (Wildman–Crippen LogP) is 3.51. The SMILES string of the molecule is COc1cccc(NC(=O)c2sc(-n3nc(C)cc3C)nc2C)c1. The zero-order chi connectivity index (χ0) is 17.3. The monoisotopic (exact) mass is 342 g/mol. The van der Waals surface area contributed by atoms with Gasteiger partial charge in [-0.25, -0.2) is 9.67 Å². The smallest absolute Gasteiger partial charge is 0.267 e. The number of hydrogen-bond acceptors (Lipinski definition) is 5. The average molecular weight is 342 g/mol. The van der Waals surface area contributed by atoms with Gasteiger partial charge in [0.05, 0.1) is 18.5 Å². The van der Waals surface area contributed by atoms with Crippen LogP contribution in [0.2, 0.25) is 0 Å². The van der Waals surface area contributed by atoms with Crippen LogP contribution >= 0.6 is 11.3 Å². The molecule has 24 heavy (non-hydrogen) atoms. The van der Waals surface area contributed by atoms with Gasteiger partial charge in [-0.1, -0.05) is 17.4 Å². The minimum atomic E-state index is -0.189. The van der Waals surface area contributed by atoms with Gasteiger partial charge in [0.25, 0.3) is 5.91 Å². The lowest BCUT2D eigenvalue weighted by Gasteiger charge is -2.06. The Labute approximate surface area is 144 Å². The molecule has 124 valence electrons. The molecule has 0 atom stereocenters. The molecule has 0 aliphatic heterocycles. The summed E-state index contributed by atoms with van der Waals surface area (Å²) in [6, 6.07) is 9.23. The maximum Gasteiger partial charge on any atom is 0.267 e. The summed E-state index contributed by atoms with van der Waals surface area (Å²) in [7, 11) is 1.59. The molecule has 0 bridgehead atoms. The molecular formula is C17H18N4O2S. The Morgan fingerprint density at radius 2 is 2.04 bits per heavy atom. The molecule has 7 heteroatoms. The standard InChI is InChI=1S/C17H18N4O2S/c1-10-8-11(2)21(20-10)17-18-12(3)15(24-17)16(22)19-13-6-5-7-14(9-13)23-4/h5-9H,1-4H3,(H,19,22). The Hall–Kier alpha value is -2.67. The molecule has 3 aromatic rings. The van der Waals surface area contributed by atoms with E-state index in [1.807, 2.05) is 45.0 Å². The number of benzene rings is 1. The maximum atomic E-state index is 12.6. The summed E-state index contributed by atoms with van der Waals surface area (Å²) in [5.41, 5.74) is 3.27. The van der Waals surface area contributed by atoms with Crippen LogP contribution < -0.4 is 10.1 Å². The van der Waals surface area contributed by atoms with Crippen LogP contribution in [-0.2, 0) is 0 Å². The van der Waals surface area contributed by atoms with E-state index in [0.29, 0.717) is 27.1 Å². The second kappa shape index (κ2) is 6.45. The lowest BCUT2D eigenvalue weighted by molar-refractivity contribution is 0.103. The van der Waals surface area contributed by atoms with Crippen LogP contribution in [0, 0.1) is 20.8 Å². The normalized spacial score (nSPS) is 10.7. The quantitative estimate of drug-likeness (QED) is 0.788. The van der Waals surface area contributed by atoms with Crippen molar-refractivity contribution in [2.45, 2.75) is 20.8 Å². The van der Waals surface area contributed by atoms with Crippen LogP contribution in [0.1, 0.15) is 26.8 Å². The van der Waals surface area contributed by atoms with E-state index in [0.717, 1.165) is 11.4 Å². The van der Waals surface area contributed by atoms with Crippen molar-refractivity contribution in [2.75, 3.05) is 12.4 Å². The molecule has 0 saturated carbocycles. The number of anilines is 1. The second-order valence-electron chi connectivity index (χ2n) is 5.44. The van der Waals surface area contributed by atoms with E-state index in [1.165, 1.54) is 11.3 Å². The van der Waals surface area contributed by atoms with Gasteiger partial charge in [0.15, 0.2) is 0 Å². The van der Waals surface area contributed by atoms with Crippen molar-refractivity contribution >= 4 is 22.9 Å². The Morgan fingerprint density at radius 1 is 1.25 bits per heavy atom. The first-order valence-corrected chi connectivity index (χ1v) is 8.26. The number of rotatable bonds is 4. The molecule has 0 spiro atoms. The van der Waals surface area contributed by atoms with E-state index in [-0.39, 0.29) is 5.91 Å². The van der Waals surface area contributed by atoms with Crippen LogP contribution in [0.3, 0.4) is 0 Å². The molecule has 1 aromatic carbocycles. The van der Waals surface area contributed by atoms with E-state index in [9.17, 15) is 4.79 Å². The number of thiazole rings is 1. The highest BCUT2D eigenvalue weighted by atomic mass is 32.1. The molecule has 2 heterocycles. The third-order valence-electron chi connectivity index (χ3n) is 3.51. The molecule has 3 rings (SSSR count). The van der Waals surface area contributed by atoms with Crippen molar-refractivity contribution in [2.24, 2.45) is 0 Å². The van der Waals surface area contributed by atoms with E-state index >= 15 is 0 Å². The number of carbonyl (C=O) groups excluding carboxylic acids is 1. The molecule has 0 saturated heterocycles. The lowest BCUT2D eigenvalue weighted by Crippen LogP contribution is -2.11. The first-order chi connectivity index (χ1) is 11.5. The number of nitrogens with one attached hydrogen (secondary N) is 1. The van der Waals surface area contributed by atoms with Gasteiger partial charge in [-0.15, -0.1) is 0 Å². The number of amides is 1. The van der Waals surface area contributed by atoms with Crippen LogP contribution in [0.5, 0.6) is 5.75 Å². The highest BCUT2D eigenvalue weighted by Crippen LogP contribution is 2.24. The Balaban J connectivity index is 1.86. The second-order valence-corrected chi connectivity index (χ2v) is 6.41. The molecule has 1 amide bonds. The summed E-state index contributed by atoms with van der Waals surface area (Å²) in [6.45, 7) is 5.72. The minimum Gasteiger partial charge on any atom is -0.497 e. The zero-order valence-corrected chi connectivity index (χ0v) is 14.8. The largest absolute Gasteiger partial charge is 0.497 e. The Kier molecular flexibility index (Phi) is 4.35. The summed E-state index contributed by atoms with van der Waals surface area (Å²) in [5, 5.41) is 7.99. The summed E-state index contributed by atoms with van der Waals surface area (Å²) in [5.74, 6) is 0.503. The number of methoxy groups -OCH3 is 1. The molecule has 0 aliphatic rings. The topological polar surface area (TPSA) is 69.0 Å². The van der Waals surface area contributed by atoms with Gasteiger partial charge in [-0.05, 0) is 39.0 Å². The van der Waals surface area contributed by atoms with E-state index < -0.39 is 0 Å². The van der Waals surface area contributed by atoms with Gasteiger partial charge in [0.2, 0.25) is 5.13 Å². The van der Waals surface area contributed by atoms with Crippen molar-refractivity contribution in [1.29, 1.82) is 0 Å². The molecular weight excluding hydrogens is 324 g/mol. The van der Waals surface area contributed by atoms with E-state index in [4.69, 9.17) is 4.74 Å². The van der Waals surface area contributed by atoms with Gasteiger partial charge in [-0.3, -0.25) is 4.79 Å². The molecule has 0 aliphatic carbocycles. The maximum absolute atomic E-state index is 12.6. The number of aryl methyl sites for hydroxylation is 3. The average Bonchev–Trinajstić information content (AvgIpc) is 3.09. The lowest BCUT2D eigenvalue weighted by atomic mass is 10.3. The molecule has 0 unspecified atom stereocenters. The number of nitrogens with zero attached hydrogens (tertiary/aromatic N) is 3. The molecule has 6 nitrogen and oxygen atoms in total. The summed E-state index contributed by atoms with van der Waals surface area (Å²) in [6.07, 6.45) is 0. The zero-order valence-electron chi connectivity index (χ0n) is 14.0. The number of hydrogen-bond donors (Lipinski definition) is 1. The van der Waals surface area contributed by atoms with Crippen LogP contribution in [0.25, 0.3) is 5.13 Å². The third-order valence-corrected chi connectivity index (χ3v) is 4.64. The molecule has 2 aromatic heterocycles. The highest BCUT2D eigenvalue weighted by Gasteiger charge is 2.18. The fourth-order valence-electron chi connectivity index (χ4n) is 2.39. The Morgan fingerprint density at radius 3 is 2.71 bits per heavy atom. The summed E-state index contributed by atoms with van der Waals surface area (Å²) < 4.78 is 6.93. The number of ether oxygens (including phenoxy) is 1. The number of aromatic nitrogens is 3. The fourth-order valence-corrected chi connectivity index (χ4v) is 3.37. The summed E-state index contributed by atoms with van der Waals surface area (Å²) >= 11 is 1.32. The van der Waals surface area contributed by atoms with Crippen molar-refractivity contribution in [3.05, 3.63) is 52.3 Å². The highest BCUT2D eigenvalue weighted by molar-refractivity contribution is 7.16. The van der Waals surface area contributed by atoms with Crippen molar-refractivity contribution < 1.29 is 9.53 Å². The number of carbonyl (C=O) groups is 1. The Bertz CT molecular complexity index is 898. The third kappa shape index (κ3) is 3.16. The van der Waals surface area contributed by atoms with Crippen LogP contribution in [0.15, 0.2) is 30.3 Å². The van der Waals surface area contributed by atoms with Gasteiger partial charge >= 0.3 is 0 Å². The van der Waals surface area contributed by atoms with Crippen LogP contribution in [0.4, 0.5) is 5.69 Å². The van der Waals surface area contributed by atoms with E-state index in [2.05, 4.69) is 15.4 Å². The molecule has 0 radical (unpaired) electrons. The predicted molar refractivity (Wildman–Crippen MR) is 94.4 cm³/mol. The molecule has 0 fully saturated rings. The van der Waals surface area contributed by atoms with Crippen molar-refractivity contribution in [3.8, 4) is 10.9 Å². The van der Waals surface area contributed by atoms with Gasteiger partial charge in [0.1, 0.15) is 10.6 Å². The van der Waals surface area contributed by atoms with Gasteiger partial charge in [0, 0.05) is 17.4 Å². The van der Waals surface area contributed by atoms with Crippen molar-refractivity contribution in [3.63, 3.8) is 0 Å². The fraction of sp³-hybridized carbons (Fsp3) is 0.235. The van der Waals surface area contributed by atoms with Crippen LogP contribution in [-0.4, -0.2) is 27.8 Å². The summed E-state index contributed by atoms with van der Waals surface area (Å²) in [4.78, 5) is 17.6. The minimum absolute atomic E-state index is 0.189.